The number of benzene rings is 2. The van der Waals surface area contributed by atoms with Gasteiger partial charge in [-0.15, -0.1) is 0 Å². The molecular formula is C16H14Cl2N2O3. The molecule has 0 aromatic heterocycles. The van der Waals surface area contributed by atoms with Crippen molar-refractivity contribution in [3.05, 3.63) is 58.1 Å². The monoisotopic (exact) mass is 352 g/mol. The summed E-state index contributed by atoms with van der Waals surface area (Å²) in [5, 5.41) is 4.61. The molecule has 2 aromatic rings. The van der Waals surface area contributed by atoms with Crippen molar-refractivity contribution < 1.29 is 14.3 Å². The smallest absolute Gasteiger partial charge is 0.277 e. The summed E-state index contributed by atoms with van der Waals surface area (Å²) in [4.78, 5) is 11.6. The zero-order valence-corrected chi connectivity index (χ0v) is 13.8. The van der Waals surface area contributed by atoms with Crippen molar-refractivity contribution in [3.8, 4) is 11.5 Å². The van der Waals surface area contributed by atoms with Crippen LogP contribution in [0.5, 0.6) is 11.5 Å². The number of hydrazone groups is 1. The first-order chi connectivity index (χ1) is 11.1. The van der Waals surface area contributed by atoms with Gasteiger partial charge in [0.1, 0.15) is 11.5 Å². The summed E-state index contributed by atoms with van der Waals surface area (Å²) >= 11 is 11.9. The molecule has 0 saturated carbocycles. The van der Waals surface area contributed by atoms with E-state index in [1.807, 2.05) is 0 Å². The van der Waals surface area contributed by atoms with Crippen molar-refractivity contribution in [2.75, 3.05) is 13.7 Å². The van der Waals surface area contributed by atoms with Gasteiger partial charge in [0.15, 0.2) is 6.61 Å². The number of carbonyl (C=O) groups is 1. The lowest BCUT2D eigenvalue weighted by Gasteiger charge is -2.06. The van der Waals surface area contributed by atoms with Gasteiger partial charge in [0, 0.05) is 5.56 Å². The van der Waals surface area contributed by atoms with Crippen LogP contribution in [0.2, 0.25) is 10.0 Å². The van der Waals surface area contributed by atoms with E-state index in [0.29, 0.717) is 27.1 Å². The van der Waals surface area contributed by atoms with Gasteiger partial charge in [0.25, 0.3) is 5.91 Å². The highest BCUT2D eigenvalue weighted by Gasteiger charge is 2.03. The molecule has 1 N–H and O–H groups in total. The van der Waals surface area contributed by atoms with Gasteiger partial charge in [-0.1, -0.05) is 35.3 Å². The van der Waals surface area contributed by atoms with Gasteiger partial charge >= 0.3 is 0 Å². The van der Waals surface area contributed by atoms with Crippen LogP contribution in [0.15, 0.2) is 47.6 Å². The number of carbonyl (C=O) groups excluding carboxylic acids is 1. The molecule has 0 aliphatic heterocycles. The van der Waals surface area contributed by atoms with E-state index in [-0.39, 0.29) is 6.61 Å². The molecule has 5 nitrogen and oxygen atoms in total. The number of nitrogens with one attached hydrogen (secondary N) is 1. The Morgan fingerprint density at radius 2 is 1.87 bits per heavy atom. The predicted octanol–water partition coefficient (Wildman–Crippen LogP) is 3.53. The van der Waals surface area contributed by atoms with E-state index in [2.05, 4.69) is 10.5 Å². The molecule has 0 atom stereocenters. The first kappa shape index (κ1) is 17.1. The number of ether oxygens (including phenoxy) is 2. The van der Waals surface area contributed by atoms with Crippen molar-refractivity contribution in [2.45, 2.75) is 0 Å². The van der Waals surface area contributed by atoms with Crippen LogP contribution in [0, 0.1) is 0 Å². The maximum absolute atomic E-state index is 11.6. The van der Waals surface area contributed by atoms with Crippen molar-refractivity contribution >= 4 is 35.3 Å². The van der Waals surface area contributed by atoms with Gasteiger partial charge in [-0.05, 0) is 30.3 Å². The molecule has 0 radical (unpaired) electrons. The standard InChI is InChI=1S/C16H14Cl2N2O3/c1-22-12-5-7-13(8-6-12)23-10-15(21)20-19-9-11-3-2-4-14(17)16(11)18/h2-9H,10H2,1H3,(H,20,21)/b19-9-. The Balaban J connectivity index is 1.82. The Hall–Kier alpha value is -2.24. The van der Waals surface area contributed by atoms with Crippen molar-refractivity contribution in [2.24, 2.45) is 5.10 Å². The summed E-state index contributed by atoms with van der Waals surface area (Å²) < 4.78 is 10.4. The Morgan fingerprint density at radius 1 is 1.17 bits per heavy atom. The molecule has 2 aromatic carbocycles. The van der Waals surface area contributed by atoms with E-state index in [4.69, 9.17) is 32.7 Å². The SMILES string of the molecule is COc1ccc(OCC(=O)N/N=C\c2cccc(Cl)c2Cl)cc1. The molecule has 0 aliphatic rings. The van der Waals surface area contributed by atoms with Crippen LogP contribution in [0.1, 0.15) is 5.56 Å². The molecule has 2 rings (SSSR count). The van der Waals surface area contributed by atoms with E-state index in [1.54, 1.807) is 49.6 Å². The van der Waals surface area contributed by atoms with Crippen LogP contribution >= 0.6 is 23.2 Å². The van der Waals surface area contributed by atoms with Crippen LogP contribution in [0.25, 0.3) is 0 Å². The highest BCUT2D eigenvalue weighted by molar-refractivity contribution is 6.43. The van der Waals surface area contributed by atoms with Crippen LogP contribution in [0.3, 0.4) is 0 Å². The Kier molecular flexibility index (Phi) is 6.26. The Morgan fingerprint density at radius 3 is 2.57 bits per heavy atom. The molecule has 23 heavy (non-hydrogen) atoms. The van der Waals surface area contributed by atoms with E-state index >= 15 is 0 Å². The van der Waals surface area contributed by atoms with Crippen LogP contribution in [-0.4, -0.2) is 25.8 Å². The summed E-state index contributed by atoms with van der Waals surface area (Å²) in [5.74, 6) is 0.878. The van der Waals surface area contributed by atoms with Gasteiger partial charge in [0.2, 0.25) is 0 Å². The van der Waals surface area contributed by atoms with Crippen molar-refractivity contribution in [3.63, 3.8) is 0 Å². The fourth-order valence-corrected chi connectivity index (χ4v) is 2.00. The number of nitrogens with zero attached hydrogens (tertiary/aromatic N) is 1. The lowest BCUT2D eigenvalue weighted by Crippen LogP contribution is -2.24. The lowest BCUT2D eigenvalue weighted by atomic mass is 10.2. The third-order valence-corrected chi connectivity index (χ3v) is 3.64. The summed E-state index contributed by atoms with van der Waals surface area (Å²) in [7, 11) is 1.58. The minimum atomic E-state index is -0.393. The van der Waals surface area contributed by atoms with Gasteiger partial charge in [-0.3, -0.25) is 4.79 Å². The zero-order chi connectivity index (χ0) is 16.7. The van der Waals surface area contributed by atoms with E-state index in [1.165, 1.54) is 6.21 Å². The molecule has 0 aliphatic carbocycles. The second-order valence-corrected chi connectivity index (χ2v) is 5.19. The van der Waals surface area contributed by atoms with E-state index in [0.717, 1.165) is 0 Å². The Bertz CT molecular complexity index is 703. The van der Waals surface area contributed by atoms with Crippen LogP contribution in [-0.2, 0) is 4.79 Å². The number of halogens is 2. The molecule has 0 bridgehead atoms. The molecule has 0 unspecified atom stereocenters. The summed E-state index contributed by atoms with van der Waals surface area (Å²) in [6.07, 6.45) is 1.42. The highest BCUT2D eigenvalue weighted by Crippen LogP contribution is 2.24. The Labute approximate surface area is 143 Å². The number of rotatable bonds is 6. The second-order valence-electron chi connectivity index (χ2n) is 4.40. The first-order valence-corrected chi connectivity index (χ1v) is 7.38. The maximum atomic E-state index is 11.6. The van der Waals surface area contributed by atoms with Crippen molar-refractivity contribution in [1.29, 1.82) is 0 Å². The summed E-state index contributed by atoms with van der Waals surface area (Å²) in [6.45, 7) is -0.160. The average Bonchev–Trinajstić information content (AvgIpc) is 2.57. The van der Waals surface area contributed by atoms with Crippen LogP contribution in [0.4, 0.5) is 0 Å². The van der Waals surface area contributed by atoms with Crippen LogP contribution < -0.4 is 14.9 Å². The lowest BCUT2D eigenvalue weighted by molar-refractivity contribution is -0.123. The molecule has 7 heteroatoms. The largest absolute Gasteiger partial charge is 0.497 e. The first-order valence-electron chi connectivity index (χ1n) is 6.63. The molecule has 1 amide bonds. The minimum Gasteiger partial charge on any atom is -0.497 e. The topological polar surface area (TPSA) is 59.9 Å². The quantitative estimate of drug-likeness (QED) is 0.638. The van der Waals surface area contributed by atoms with Crippen molar-refractivity contribution in [1.82, 2.24) is 5.43 Å². The maximum Gasteiger partial charge on any atom is 0.277 e. The van der Waals surface area contributed by atoms with E-state index in [9.17, 15) is 4.79 Å². The summed E-state index contributed by atoms with van der Waals surface area (Å²) in [6, 6.07) is 12.0. The molecule has 0 saturated heterocycles. The second kappa shape index (κ2) is 8.41. The van der Waals surface area contributed by atoms with Gasteiger partial charge in [-0.2, -0.15) is 5.10 Å². The number of methoxy groups -OCH3 is 1. The number of amides is 1. The molecular weight excluding hydrogens is 339 g/mol. The predicted molar refractivity (Wildman–Crippen MR) is 90.7 cm³/mol. The van der Waals surface area contributed by atoms with E-state index < -0.39 is 5.91 Å². The highest BCUT2D eigenvalue weighted by atomic mass is 35.5. The van der Waals surface area contributed by atoms with Gasteiger partial charge in [-0.25, -0.2) is 5.43 Å². The number of hydrogen-bond acceptors (Lipinski definition) is 4. The minimum absolute atomic E-state index is 0.160. The fourth-order valence-electron chi connectivity index (χ4n) is 1.65. The third-order valence-electron chi connectivity index (χ3n) is 2.80. The molecule has 0 heterocycles. The fraction of sp³-hybridized carbons (Fsp3) is 0.125. The normalized spacial score (nSPS) is 10.6. The van der Waals surface area contributed by atoms with Gasteiger partial charge in [0.05, 0.1) is 23.4 Å². The molecule has 0 spiro atoms. The van der Waals surface area contributed by atoms with Gasteiger partial charge < -0.3 is 9.47 Å². The third kappa shape index (κ3) is 5.16. The molecule has 120 valence electrons. The number of hydrogen-bond donors (Lipinski definition) is 1. The summed E-state index contributed by atoms with van der Waals surface area (Å²) in [5.41, 5.74) is 2.96. The zero-order valence-electron chi connectivity index (χ0n) is 12.3. The average molecular weight is 353 g/mol. The molecule has 0 fully saturated rings.